The number of nitrogens with zero attached hydrogens (tertiary/aromatic N) is 3. The van der Waals surface area contributed by atoms with Crippen LogP contribution >= 0.6 is 0 Å². The van der Waals surface area contributed by atoms with Gasteiger partial charge in [0.2, 0.25) is 5.95 Å². The van der Waals surface area contributed by atoms with Gasteiger partial charge in [-0.2, -0.15) is 4.98 Å². The molecule has 0 aromatic carbocycles. The summed E-state index contributed by atoms with van der Waals surface area (Å²) in [6.07, 6.45) is 3.46. The number of aliphatic hydroxyl groups excluding tert-OH is 1. The Labute approximate surface area is 118 Å². The van der Waals surface area contributed by atoms with E-state index in [2.05, 4.69) is 25.6 Å². The minimum absolute atomic E-state index is 0.0272. The molecule has 0 saturated carbocycles. The van der Waals surface area contributed by atoms with Gasteiger partial charge in [0.05, 0.1) is 12.3 Å². The maximum absolute atomic E-state index is 9.11. The predicted molar refractivity (Wildman–Crippen MR) is 79.6 cm³/mol. The topological polar surface area (TPSA) is 83.0 Å². The van der Waals surface area contributed by atoms with Crippen molar-refractivity contribution < 1.29 is 5.11 Å². The molecule has 1 atom stereocenters. The third-order valence-electron chi connectivity index (χ3n) is 2.71. The molecule has 0 aliphatic heterocycles. The second kappa shape index (κ2) is 6.81. The average Bonchev–Trinajstić information content (AvgIpc) is 2.48. The highest BCUT2D eigenvalue weighted by Crippen LogP contribution is 2.21. The molecule has 6 nitrogen and oxygen atoms in total. The lowest BCUT2D eigenvalue weighted by Crippen LogP contribution is -2.21. The van der Waals surface area contributed by atoms with Gasteiger partial charge in [0.1, 0.15) is 5.82 Å². The SMILES string of the molecule is CCNc1cc(-c2ccncc2)nc(N[C@H](C)CO)n1. The smallest absolute Gasteiger partial charge is 0.225 e. The van der Waals surface area contributed by atoms with Crippen molar-refractivity contribution in [3.05, 3.63) is 30.6 Å². The van der Waals surface area contributed by atoms with Crippen molar-refractivity contribution in [3.8, 4) is 11.3 Å². The largest absolute Gasteiger partial charge is 0.394 e. The van der Waals surface area contributed by atoms with Crippen LogP contribution in [0.1, 0.15) is 13.8 Å². The van der Waals surface area contributed by atoms with Gasteiger partial charge in [-0.05, 0) is 26.0 Å². The lowest BCUT2D eigenvalue weighted by atomic mass is 10.2. The maximum Gasteiger partial charge on any atom is 0.225 e. The molecule has 3 N–H and O–H groups in total. The fourth-order valence-electron chi connectivity index (χ4n) is 1.72. The molecule has 0 radical (unpaired) electrons. The first-order valence-electron chi connectivity index (χ1n) is 6.63. The summed E-state index contributed by atoms with van der Waals surface area (Å²) in [6.45, 7) is 4.69. The van der Waals surface area contributed by atoms with Crippen molar-refractivity contribution in [1.82, 2.24) is 15.0 Å². The van der Waals surface area contributed by atoms with Crippen LogP contribution in [-0.2, 0) is 0 Å². The Morgan fingerprint density at radius 1 is 1.25 bits per heavy atom. The van der Waals surface area contributed by atoms with E-state index in [9.17, 15) is 0 Å². The van der Waals surface area contributed by atoms with E-state index in [0.29, 0.717) is 5.95 Å². The molecule has 0 aliphatic carbocycles. The van der Waals surface area contributed by atoms with Gasteiger partial charge in [-0.1, -0.05) is 0 Å². The Morgan fingerprint density at radius 3 is 2.65 bits per heavy atom. The van der Waals surface area contributed by atoms with Crippen molar-refractivity contribution in [2.24, 2.45) is 0 Å². The summed E-state index contributed by atoms with van der Waals surface area (Å²) >= 11 is 0. The van der Waals surface area contributed by atoms with Crippen molar-refractivity contribution in [1.29, 1.82) is 0 Å². The van der Waals surface area contributed by atoms with E-state index in [1.54, 1.807) is 12.4 Å². The second-order valence-corrected chi connectivity index (χ2v) is 4.46. The quantitative estimate of drug-likeness (QED) is 0.744. The molecule has 2 aromatic rings. The first-order chi connectivity index (χ1) is 9.72. The first-order valence-corrected chi connectivity index (χ1v) is 6.63. The van der Waals surface area contributed by atoms with Crippen molar-refractivity contribution >= 4 is 11.8 Å². The number of hydrogen-bond acceptors (Lipinski definition) is 6. The number of hydrogen-bond donors (Lipinski definition) is 3. The predicted octanol–water partition coefficient (Wildman–Crippen LogP) is 1.76. The van der Waals surface area contributed by atoms with Crippen LogP contribution in [0.3, 0.4) is 0 Å². The molecule has 0 aliphatic rings. The highest BCUT2D eigenvalue weighted by atomic mass is 16.3. The minimum Gasteiger partial charge on any atom is -0.394 e. The number of nitrogens with one attached hydrogen (secondary N) is 2. The fourth-order valence-corrected chi connectivity index (χ4v) is 1.72. The molecule has 2 heterocycles. The maximum atomic E-state index is 9.11. The Balaban J connectivity index is 2.35. The summed E-state index contributed by atoms with van der Waals surface area (Å²) in [5.74, 6) is 1.25. The molecule has 0 bridgehead atoms. The van der Waals surface area contributed by atoms with Crippen LogP contribution in [0.15, 0.2) is 30.6 Å². The molecular formula is C14H19N5O. The minimum atomic E-state index is -0.0998. The molecule has 0 amide bonds. The molecule has 106 valence electrons. The highest BCUT2D eigenvalue weighted by molar-refractivity contribution is 5.63. The third-order valence-corrected chi connectivity index (χ3v) is 2.71. The first kappa shape index (κ1) is 14.2. The molecule has 2 aromatic heterocycles. The van der Waals surface area contributed by atoms with Crippen LogP contribution in [0.2, 0.25) is 0 Å². The van der Waals surface area contributed by atoms with E-state index in [0.717, 1.165) is 23.6 Å². The van der Waals surface area contributed by atoms with E-state index < -0.39 is 0 Å². The van der Waals surface area contributed by atoms with E-state index >= 15 is 0 Å². The van der Waals surface area contributed by atoms with Gasteiger partial charge in [0.25, 0.3) is 0 Å². The normalized spacial score (nSPS) is 11.9. The van der Waals surface area contributed by atoms with Gasteiger partial charge < -0.3 is 15.7 Å². The summed E-state index contributed by atoms with van der Waals surface area (Å²) in [4.78, 5) is 12.9. The zero-order valence-electron chi connectivity index (χ0n) is 11.7. The number of aromatic nitrogens is 3. The zero-order valence-corrected chi connectivity index (χ0v) is 11.7. The molecule has 0 spiro atoms. The Bertz CT molecular complexity index is 547. The average molecular weight is 273 g/mol. The van der Waals surface area contributed by atoms with Gasteiger partial charge in [-0.3, -0.25) is 4.98 Å². The van der Waals surface area contributed by atoms with Crippen molar-refractivity contribution in [2.75, 3.05) is 23.8 Å². The Kier molecular flexibility index (Phi) is 4.84. The van der Waals surface area contributed by atoms with E-state index in [1.165, 1.54) is 0 Å². The molecule has 6 heteroatoms. The molecule has 20 heavy (non-hydrogen) atoms. The van der Waals surface area contributed by atoms with Gasteiger partial charge in [-0.25, -0.2) is 4.98 Å². The van der Waals surface area contributed by atoms with Crippen molar-refractivity contribution in [3.63, 3.8) is 0 Å². The van der Waals surface area contributed by atoms with Crippen molar-refractivity contribution in [2.45, 2.75) is 19.9 Å². The molecule has 0 unspecified atom stereocenters. The monoisotopic (exact) mass is 273 g/mol. The Hall–Kier alpha value is -2.21. The zero-order chi connectivity index (χ0) is 14.4. The van der Waals surface area contributed by atoms with Crippen LogP contribution in [0, 0.1) is 0 Å². The van der Waals surface area contributed by atoms with Crippen LogP contribution in [0.25, 0.3) is 11.3 Å². The summed E-state index contributed by atoms with van der Waals surface area (Å²) in [7, 11) is 0. The highest BCUT2D eigenvalue weighted by Gasteiger charge is 2.08. The second-order valence-electron chi connectivity index (χ2n) is 4.46. The summed E-state index contributed by atoms with van der Waals surface area (Å²) < 4.78 is 0. The van der Waals surface area contributed by atoms with Gasteiger partial charge in [0, 0.05) is 36.6 Å². The number of rotatable bonds is 6. The van der Waals surface area contributed by atoms with Gasteiger partial charge >= 0.3 is 0 Å². The molecular weight excluding hydrogens is 254 g/mol. The van der Waals surface area contributed by atoms with E-state index in [4.69, 9.17) is 5.11 Å². The van der Waals surface area contributed by atoms with Crippen LogP contribution in [-0.4, -0.2) is 39.3 Å². The van der Waals surface area contributed by atoms with E-state index in [1.807, 2.05) is 32.0 Å². The third kappa shape index (κ3) is 3.64. The van der Waals surface area contributed by atoms with Crippen LogP contribution in [0.4, 0.5) is 11.8 Å². The lowest BCUT2D eigenvalue weighted by Gasteiger charge is -2.13. The Morgan fingerprint density at radius 2 is 2.00 bits per heavy atom. The van der Waals surface area contributed by atoms with Gasteiger partial charge in [-0.15, -0.1) is 0 Å². The van der Waals surface area contributed by atoms with E-state index in [-0.39, 0.29) is 12.6 Å². The molecule has 0 saturated heterocycles. The number of pyridine rings is 1. The molecule has 2 rings (SSSR count). The lowest BCUT2D eigenvalue weighted by molar-refractivity contribution is 0.281. The standard InChI is InChI=1S/C14H19N5O/c1-3-16-13-8-12(11-4-6-15-7-5-11)18-14(19-13)17-10(2)9-20/h4-8,10,20H,3,9H2,1-2H3,(H2,16,17,18,19)/t10-/m1/s1. The number of aliphatic hydroxyl groups is 1. The van der Waals surface area contributed by atoms with Crippen LogP contribution < -0.4 is 10.6 Å². The number of anilines is 2. The summed E-state index contributed by atoms with van der Waals surface area (Å²) in [6, 6.07) is 5.60. The summed E-state index contributed by atoms with van der Waals surface area (Å²) in [5, 5.41) is 15.4. The van der Waals surface area contributed by atoms with Gasteiger partial charge in [0.15, 0.2) is 0 Å². The fraction of sp³-hybridized carbons (Fsp3) is 0.357. The summed E-state index contributed by atoms with van der Waals surface area (Å²) in [5.41, 5.74) is 1.78. The molecule has 0 fully saturated rings. The van der Waals surface area contributed by atoms with Crippen LogP contribution in [0.5, 0.6) is 0 Å².